The summed E-state index contributed by atoms with van der Waals surface area (Å²) < 4.78 is 11.0. The van der Waals surface area contributed by atoms with Crippen LogP contribution in [0.4, 0.5) is 5.69 Å². The maximum absolute atomic E-state index is 5.98. The van der Waals surface area contributed by atoms with Gasteiger partial charge in [-0.25, -0.2) is 15.0 Å². The second-order valence-electron chi connectivity index (χ2n) is 5.67. The third-order valence-electron chi connectivity index (χ3n) is 3.80. The predicted octanol–water partition coefficient (Wildman–Crippen LogP) is 4.36. The molecule has 142 valence electrons. The zero-order valence-electron chi connectivity index (χ0n) is 16.0. The zero-order valence-corrected chi connectivity index (χ0v) is 16.0. The van der Waals surface area contributed by atoms with Crippen LogP contribution in [0.15, 0.2) is 72.1 Å². The summed E-state index contributed by atoms with van der Waals surface area (Å²) in [7, 11) is 3.27. The molecular weight excluding hydrogens is 354 g/mol. The number of aliphatic imine (C=N–C) groups is 1. The number of amidine groups is 1. The summed E-state index contributed by atoms with van der Waals surface area (Å²) in [6.45, 7) is 1.95. The Morgan fingerprint density at radius 2 is 1.82 bits per heavy atom. The van der Waals surface area contributed by atoms with Crippen LogP contribution in [0.25, 0.3) is 11.1 Å². The summed E-state index contributed by atoms with van der Waals surface area (Å²) in [4.78, 5) is 16.8. The van der Waals surface area contributed by atoms with Gasteiger partial charge >= 0.3 is 6.01 Å². The molecule has 0 atom stereocenters. The Kier molecular flexibility index (Phi) is 6.30. The highest BCUT2D eigenvalue weighted by atomic mass is 16.5. The maximum Gasteiger partial charge on any atom is 0.316 e. The van der Waals surface area contributed by atoms with E-state index in [4.69, 9.17) is 9.47 Å². The van der Waals surface area contributed by atoms with Crippen molar-refractivity contribution in [2.24, 2.45) is 4.99 Å². The second-order valence-corrected chi connectivity index (χ2v) is 5.67. The number of rotatable bonds is 6. The van der Waals surface area contributed by atoms with Gasteiger partial charge in [-0.3, -0.25) is 4.99 Å². The zero-order chi connectivity index (χ0) is 19.8. The molecule has 0 radical (unpaired) electrons. The number of hydrogen-bond acceptors (Lipinski definition) is 6. The predicted molar refractivity (Wildman–Crippen MR) is 110 cm³/mol. The van der Waals surface area contributed by atoms with Gasteiger partial charge in [0, 0.05) is 42.5 Å². The van der Waals surface area contributed by atoms with Crippen LogP contribution in [0.1, 0.15) is 6.92 Å². The first kappa shape index (κ1) is 19.0. The van der Waals surface area contributed by atoms with E-state index in [1.807, 2.05) is 55.5 Å². The van der Waals surface area contributed by atoms with Gasteiger partial charge < -0.3 is 14.8 Å². The van der Waals surface area contributed by atoms with Crippen molar-refractivity contribution in [1.82, 2.24) is 15.0 Å². The Bertz CT molecular complexity index is 967. The fraction of sp³-hybridized carbons (Fsp3) is 0.143. The first-order valence-electron chi connectivity index (χ1n) is 8.69. The molecule has 3 aromatic rings. The van der Waals surface area contributed by atoms with Gasteiger partial charge in [-0.05, 0) is 49.4 Å². The van der Waals surface area contributed by atoms with Crippen molar-refractivity contribution in [3.8, 4) is 28.8 Å². The van der Waals surface area contributed by atoms with E-state index in [-0.39, 0.29) is 0 Å². The third kappa shape index (κ3) is 4.70. The summed E-state index contributed by atoms with van der Waals surface area (Å²) in [6, 6.07) is 11.6. The van der Waals surface area contributed by atoms with Crippen molar-refractivity contribution in [2.75, 3.05) is 19.5 Å². The molecule has 3 rings (SSSR count). The number of nitrogens with one attached hydrogen (secondary N) is 1. The van der Waals surface area contributed by atoms with Crippen LogP contribution < -0.4 is 14.8 Å². The van der Waals surface area contributed by atoms with Gasteiger partial charge in [0.1, 0.15) is 11.6 Å². The highest BCUT2D eigenvalue weighted by Crippen LogP contribution is 2.31. The number of anilines is 1. The molecule has 0 saturated heterocycles. The van der Waals surface area contributed by atoms with Crippen LogP contribution in [0.2, 0.25) is 0 Å². The van der Waals surface area contributed by atoms with Crippen LogP contribution in [-0.2, 0) is 0 Å². The van der Waals surface area contributed by atoms with Crippen LogP contribution in [0.3, 0.4) is 0 Å². The van der Waals surface area contributed by atoms with Crippen LogP contribution in [0.5, 0.6) is 17.6 Å². The largest absolute Gasteiger partial charge is 0.467 e. The van der Waals surface area contributed by atoms with Crippen molar-refractivity contribution >= 4 is 11.5 Å². The minimum Gasteiger partial charge on any atom is -0.467 e. The number of hydrogen-bond donors (Lipinski definition) is 1. The fourth-order valence-electron chi connectivity index (χ4n) is 2.45. The highest BCUT2D eigenvalue weighted by Gasteiger charge is 2.10. The van der Waals surface area contributed by atoms with E-state index < -0.39 is 0 Å². The van der Waals surface area contributed by atoms with Gasteiger partial charge in [0.25, 0.3) is 0 Å². The van der Waals surface area contributed by atoms with E-state index in [2.05, 4.69) is 25.3 Å². The molecule has 0 fully saturated rings. The van der Waals surface area contributed by atoms with Gasteiger partial charge in [0.15, 0.2) is 0 Å². The standard InChI is InChI=1S/C21H21N5O2/c1-4-6-19(22-2)26-16-8-10-17(11-9-16)28-20-18(7-5-12-23-20)15-13-24-21(27-3)25-14-15/h4-14H,1-3H3,(H,22,26)/b6-4-. The Hall–Kier alpha value is -3.74. The molecule has 28 heavy (non-hydrogen) atoms. The summed E-state index contributed by atoms with van der Waals surface area (Å²) in [5.74, 6) is 1.92. The lowest BCUT2D eigenvalue weighted by molar-refractivity contribution is 0.380. The molecule has 1 aromatic carbocycles. The molecular formula is C21H21N5O2. The average molecular weight is 375 g/mol. The summed E-state index contributed by atoms with van der Waals surface area (Å²) >= 11 is 0. The fourth-order valence-corrected chi connectivity index (χ4v) is 2.45. The number of allylic oxidation sites excluding steroid dienone is 1. The molecule has 0 amide bonds. The average Bonchev–Trinajstić information content (AvgIpc) is 2.75. The molecule has 1 N–H and O–H groups in total. The van der Waals surface area contributed by atoms with Gasteiger partial charge in [-0.15, -0.1) is 0 Å². The quantitative estimate of drug-likeness (QED) is 0.509. The normalized spacial score (nSPS) is 11.5. The van der Waals surface area contributed by atoms with Crippen molar-refractivity contribution < 1.29 is 9.47 Å². The number of pyridine rings is 1. The molecule has 0 saturated carbocycles. The molecule has 0 bridgehead atoms. The van der Waals surface area contributed by atoms with Gasteiger partial charge in [-0.2, -0.15) is 0 Å². The maximum atomic E-state index is 5.98. The number of benzene rings is 1. The topological polar surface area (TPSA) is 81.5 Å². The monoisotopic (exact) mass is 375 g/mol. The first-order valence-corrected chi connectivity index (χ1v) is 8.69. The Morgan fingerprint density at radius 1 is 1.07 bits per heavy atom. The lowest BCUT2D eigenvalue weighted by Gasteiger charge is -2.11. The number of nitrogens with zero attached hydrogens (tertiary/aromatic N) is 4. The third-order valence-corrected chi connectivity index (χ3v) is 3.80. The van der Waals surface area contributed by atoms with E-state index in [0.717, 1.165) is 22.6 Å². The summed E-state index contributed by atoms with van der Waals surface area (Å²) in [5.41, 5.74) is 2.49. The van der Waals surface area contributed by atoms with E-state index in [9.17, 15) is 0 Å². The Morgan fingerprint density at radius 3 is 2.46 bits per heavy atom. The molecule has 2 heterocycles. The second kappa shape index (κ2) is 9.27. The lowest BCUT2D eigenvalue weighted by atomic mass is 10.1. The van der Waals surface area contributed by atoms with Gasteiger partial charge in [-0.1, -0.05) is 6.08 Å². The molecule has 7 nitrogen and oxygen atoms in total. The van der Waals surface area contributed by atoms with Crippen molar-refractivity contribution in [1.29, 1.82) is 0 Å². The van der Waals surface area contributed by atoms with Gasteiger partial charge in [0.2, 0.25) is 5.88 Å². The number of methoxy groups -OCH3 is 1. The first-order chi connectivity index (χ1) is 13.7. The molecule has 0 aliphatic carbocycles. The van der Waals surface area contributed by atoms with Crippen molar-refractivity contribution in [3.63, 3.8) is 0 Å². The van der Waals surface area contributed by atoms with Crippen LogP contribution in [-0.4, -0.2) is 34.9 Å². The van der Waals surface area contributed by atoms with E-state index in [1.54, 1.807) is 25.6 Å². The van der Waals surface area contributed by atoms with Crippen LogP contribution in [0, 0.1) is 0 Å². The minimum atomic E-state index is 0.311. The van der Waals surface area contributed by atoms with Crippen molar-refractivity contribution in [3.05, 3.63) is 67.1 Å². The van der Waals surface area contributed by atoms with Crippen LogP contribution >= 0.6 is 0 Å². The number of ether oxygens (including phenoxy) is 2. The smallest absolute Gasteiger partial charge is 0.316 e. The molecule has 0 aliphatic heterocycles. The van der Waals surface area contributed by atoms with E-state index in [1.165, 1.54) is 7.11 Å². The molecule has 7 heteroatoms. The lowest BCUT2D eigenvalue weighted by Crippen LogP contribution is -2.08. The van der Waals surface area contributed by atoms with Gasteiger partial charge in [0.05, 0.1) is 7.11 Å². The minimum absolute atomic E-state index is 0.311. The summed E-state index contributed by atoms with van der Waals surface area (Å²) in [6.07, 6.45) is 8.87. The summed E-state index contributed by atoms with van der Waals surface area (Å²) in [5, 5.41) is 3.23. The Labute approximate surface area is 163 Å². The Balaban J connectivity index is 1.78. The molecule has 2 aromatic heterocycles. The number of aromatic nitrogens is 3. The SMILES string of the molecule is C/C=C\C(=NC)Nc1ccc(Oc2ncccc2-c2cnc(OC)nc2)cc1. The van der Waals surface area contributed by atoms with E-state index in [0.29, 0.717) is 17.6 Å². The van der Waals surface area contributed by atoms with E-state index >= 15 is 0 Å². The molecule has 0 spiro atoms. The van der Waals surface area contributed by atoms with Crippen molar-refractivity contribution in [2.45, 2.75) is 6.92 Å². The molecule has 0 unspecified atom stereocenters. The molecule has 0 aliphatic rings. The highest BCUT2D eigenvalue weighted by molar-refractivity contribution is 6.03.